The third-order valence-corrected chi connectivity index (χ3v) is 2.93. The molecule has 0 fully saturated rings. The molecule has 19 heavy (non-hydrogen) atoms. The van der Waals surface area contributed by atoms with E-state index in [0.29, 0.717) is 17.5 Å². The first-order chi connectivity index (χ1) is 8.75. The molecule has 0 atom stereocenters. The van der Waals surface area contributed by atoms with Crippen molar-refractivity contribution >= 4 is 0 Å². The van der Waals surface area contributed by atoms with Crippen LogP contribution in [0.4, 0.5) is 8.78 Å². The van der Waals surface area contributed by atoms with Gasteiger partial charge in [0.2, 0.25) is 5.88 Å². The number of hydrogen-bond donors (Lipinski definition) is 3. The van der Waals surface area contributed by atoms with Gasteiger partial charge in [-0.15, -0.1) is 0 Å². The molecule has 0 radical (unpaired) electrons. The predicted molar refractivity (Wildman–Crippen MR) is 70.2 cm³/mol. The Bertz CT molecular complexity index is 540. The molecule has 1 aliphatic carbocycles. The second-order valence-electron chi connectivity index (χ2n) is 5.12. The molecule has 102 valence electrons. The molecule has 5 heteroatoms. The number of nitrogens with one attached hydrogen (secondary N) is 2. The van der Waals surface area contributed by atoms with Crippen LogP contribution in [-0.2, 0) is 0 Å². The fourth-order valence-electron chi connectivity index (χ4n) is 1.92. The Hall–Kier alpha value is -2.04. The number of aliphatic hydroxyl groups is 1. The average molecular weight is 266 g/mol. The molecule has 0 aromatic carbocycles. The zero-order valence-corrected chi connectivity index (χ0v) is 10.8. The van der Waals surface area contributed by atoms with Crippen LogP contribution in [0.25, 0.3) is 0 Å². The van der Waals surface area contributed by atoms with E-state index < -0.39 is 17.5 Å². The molecule has 0 aromatic heterocycles. The summed E-state index contributed by atoms with van der Waals surface area (Å²) in [6, 6.07) is 0. The van der Waals surface area contributed by atoms with Crippen molar-refractivity contribution in [1.82, 2.24) is 10.6 Å². The van der Waals surface area contributed by atoms with Crippen molar-refractivity contribution in [2.45, 2.75) is 19.8 Å². The minimum atomic E-state index is -3.32. The van der Waals surface area contributed by atoms with Gasteiger partial charge in [0.05, 0.1) is 11.4 Å². The summed E-state index contributed by atoms with van der Waals surface area (Å²) in [5.74, 6) is -3.92. The van der Waals surface area contributed by atoms with Gasteiger partial charge in [-0.05, 0) is 18.2 Å². The van der Waals surface area contributed by atoms with Gasteiger partial charge in [0, 0.05) is 5.41 Å². The molecule has 3 N–H and O–H groups in total. The predicted octanol–water partition coefficient (Wildman–Crippen LogP) is 3.09. The van der Waals surface area contributed by atoms with Crippen molar-refractivity contribution in [3.8, 4) is 0 Å². The number of halogens is 2. The highest BCUT2D eigenvalue weighted by Gasteiger charge is 2.38. The van der Waals surface area contributed by atoms with Crippen molar-refractivity contribution in [2.24, 2.45) is 5.41 Å². The lowest BCUT2D eigenvalue weighted by Gasteiger charge is -2.29. The van der Waals surface area contributed by atoms with Crippen LogP contribution in [0.3, 0.4) is 0 Å². The van der Waals surface area contributed by atoms with Gasteiger partial charge in [0.25, 0.3) is 0 Å². The first-order valence-corrected chi connectivity index (χ1v) is 5.87. The minimum Gasteiger partial charge on any atom is -0.493 e. The second-order valence-corrected chi connectivity index (χ2v) is 5.12. The summed E-state index contributed by atoms with van der Waals surface area (Å²) in [7, 11) is 0. The van der Waals surface area contributed by atoms with E-state index in [1.807, 2.05) is 26.0 Å². The van der Waals surface area contributed by atoms with Crippen LogP contribution in [0.1, 0.15) is 13.8 Å². The molecular formula is C14H16F2N2O. The van der Waals surface area contributed by atoms with Crippen LogP contribution in [0.2, 0.25) is 0 Å². The largest absolute Gasteiger partial charge is 0.493 e. The normalized spacial score (nSPS) is 21.5. The molecular weight excluding hydrogens is 250 g/mol. The van der Waals surface area contributed by atoms with E-state index >= 15 is 0 Å². The minimum absolute atomic E-state index is 0.235. The van der Waals surface area contributed by atoms with Gasteiger partial charge in [0.1, 0.15) is 0 Å². The van der Waals surface area contributed by atoms with E-state index in [9.17, 15) is 13.9 Å². The standard InChI is InChI=1S/C14H16F2N2O/c1-4-14(15,16)11-12(19)18-10-8-13(2,3)7-5-6-9(10)17-11/h4-8,17-19H,1H2,2-3H3. The molecule has 0 bridgehead atoms. The molecule has 1 heterocycles. The van der Waals surface area contributed by atoms with Crippen molar-refractivity contribution in [3.63, 3.8) is 0 Å². The topological polar surface area (TPSA) is 44.3 Å². The maximum atomic E-state index is 13.6. The summed E-state index contributed by atoms with van der Waals surface area (Å²) in [6.07, 6.45) is 7.75. The van der Waals surface area contributed by atoms with Gasteiger partial charge in [-0.3, -0.25) is 0 Å². The number of rotatable bonds is 2. The Morgan fingerprint density at radius 3 is 2.63 bits per heavy atom. The van der Waals surface area contributed by atoms with Gasteiger partial charge in [-0.25, -0.2) is 0 Å². The smallest absolute Gasteiger partial charge is 0.311 e. The number of aliphatic hydroxyl groups excluding tert-OH is 1. The fraction of sp³-hybridized carbons (Fsp3) is 0.286. The first-order valence-electron chi connectivity index (χ1n) is 5.87. The Morgan fingerprint density at radius 2 is 2.00 bits per heavy atom. The lowest BCUT2D eigenvalue weighted by atomic mass is 9.92. The highest BCUT2D eigenvalue weighted by atomic mass is 19.3. The van der Waals surface area contributed by atoms with Crippen LogP contribution in [0.15, 0.2) is 59.9 Å². The maximum Gasteiger partial charge on any atom is 0.311 e. The molecule has 2 aliphatic rings. The van der Waals surface area contributed by atoms with Gasteiger partial charge < -0.3 is 15.7 Å². The lowest BCUT2D eigenvalue weighted by Crippen LogP contribution is -2.39. The summed E-state index contributed by atoms with van der Waals surface area (Å²) < 4.78 is 27.2. The highest BCUT2D eigenvalue weighted by molar-refractivity contribution is 5.45. The SMILES string of the molecule is C=CC(F)(F)C1=C(O)NC2=CC(C)(C)C=CC=C2N1. The summed E-state index contributed by atoms with van der Waals surface area (Å²) >= 11 is 0. The van der Waals surface area contributed by atoms with Crippen LogP contribution < -0.4 is 10.6 Å². The maximum absolute atomic E-state index is 13.6. The molecule has 0 saturated carbocycles. The Balaban J connectivity index is 2.45. The first kappa shape index (κ1) is 13.4. The summed E-state index contributed by atoms with van der Waals surface area (Å²) in [5, 5.41) is 14.9. The molecule has 1 aliphatic heterocycles. The quantitative estimate of drug-likeness (QED) is 0.673. The van der Waals surface area contributed by atoms with Crippen molar-refractivity contribution in [2.75, 3.05) is 0 Å². The molecule has 3 nitrogen and oxygen atoms in total. The van der Waals surface area contributed by atoms with Crippen molar-refractivity contribution in [3.05, 3.63) is 59.9 Å². The van der Waals surface area contributed by atoms with Crippen LogP contribution >= 0.6 is 0 Å². The zero-order chi connectivity index (χ0) is 14.3. The third kappa shape index (κ3) is 2.54. The summed E-state index contributed by atoms with van der Waals surface area (Å²) in [6.45, 7) is 7.03. The highest BCUT2D eigenvalue weighted by Crippen LogP contribution is 2.32. The van der Waals surface area contributed by atoms with Crippen LogP contribution in [-0.4, -0.2) is 11.0 Å². The molecule has 0 saturated heterocycles. The van der Waals surface area contributed by atoms with E-state index in [4.69, 9.17) is 0 Å². The van der Waals surface area contributed by atoms with E-state index in [0.717, 1.165) is 0 Å². The Morgan fingerprint density at radius 1 is 1.32 bits per heavy atom. The number of hydrogen-bond acceptors (Lipinski definition) is 3. The molecule has 0 spiro atoms. The fourth-order valence-corrected chi connectivity index (χ4v) is 1.92. The number of allylic oxidation sites excluding steroid dienone is 5. The Kier molecular flexibility index (Phi) is 3.00. The van der Waals surface area contributed by atoms with Gasteiger partial charge in [-0.2, -0.15) is 8.78 Å². The molecule has 0 amide bonds. The second kappa shape index (κ2) is 4.26. The number of fused-ring (bicyclic) bond motifs is 1. The van der Waals surface area contributed by atoms with Crippen LogP contribution in [0, 0.1) is 5.41 Å². The molecule has 0 unspecified atom stereocenters. The molecule has 0 aromatic rings. The molecule has 2 rings (SSSR count). The third-order valence-electron chi connectivity index (χ3n) is 2.93. The van der Waals surface area contributed by atoms with E-state index in [2.05, 4.69) is 17.2 Å². The van der Waals surface area contributed by atoms with E-state index in [-0.39, 0.29) is 5.41 Å². The van der Waals surface area contributed by atoms with Gasteiger partial charge in [0.15, 0.2) is 5.70 Å². The average Bonchev–Trinajstić information content (AvgIpc) is 2.44. The monoisotopic (exact) mass is 266 g/mol. The van der Waals surface area contributed by atoms with E-state index in [1.54, 1.807) is 12.2 Å². The number of alkyl halides is 2. The zero-order valence-electron chi connectivity index (χ0n) is 10.8. The van der Waals surface area contributed by atoms with Crippen molar-refractivity contribution < 1.29 is 13.9 Å². The van der Waals surface area contributed by atoms with Gasteiger partial charge in [-0.1, -0.05) is 32.6 Å². The Labute approximate surface area is 110 Å². The van der Waals surface area contributed by atoms with Gasteiger partial charge >= 0.3 is 5.92 Å². The van der Waals surface area contributed by atoms with Crippen molar-refractivity contribution in [1.29, 1.82) is 0 Å². The summed E-state index contributed by atoms with van der Waals surface area (Å²) in [4.78, 5) is 0. The summed E-state index contributed by atoms with van der Waals surface area (Å²) in [5.41, 5.74) is 0.215. The van der Waals surface area contributed by atoms with Crippen LogP contribution in [0.5, 0.6) is 0 Å². The van der Waals surface area contributed by atoms with E-state index in [1.165, 1.54) is 0 Å². The lowest BCUT2D eigenvalue weighted by molar-refractivity contribution is 0.0819.